The van der Waals surface area contributed by atoms with E-state index in [2.05, 4.69) is 16.4 Å². The molecule has 0 saturated carbocycles. The number of benzene rings is 1. The number of nitrogens with zero attached hydrogens (tertiary/aromatic N) is 3. The van der Waals surface area contributed by atoms with Gasteiger partial charge < -0.3 is 15.6 Å². The van der Waals surface area contributed by atoms with Gasteiger partial charge in [0, 0.05) is 17.3 Å². The summed E-state index contributed by atoms with van der Waals surface area (Å²) < 4.78 is 7.04. The molecule has 8 heteroatoms. The van der Waals surface area contributed by atoms with Gasteiger partial charge >= 0.3 is 6.09 Å². The van der Waals surface area contributed by atoms with Crippen molar-refractivity contribution in [2.45, 2.75) is 32.2 Å². The lowest BCUT2D eigenvalue weighted by Gasteiger charge is -2.14. The molecule has 0 atom stereocenters. The van der Waals surface area contributed by atoms with Crippen molar-refractivity contribution in [1.82, 2.24) is 14.8 Å². The van der Waals surface area contributed by atoms with Crippen LogP contribution < -0.4 is 15.8 Å². The summed E-state index contributed by atoms with van der Waals surface area (Å²) in [4.78, 5) is 15.1. The molecular weight excluding hydrogens is 394 g/mol. The molecule has 0 saturated heterocycles. The molecule has 8 nitrogen and oxygen atoms in total. The monoisotopic (exact) mass is 419 g/mol. The van der Waals surface area contributed by atoms with Crippen LogP contribution in [-0.2, 0) is 6.54 Å². The fraction of sp³-hybridized carbons (Fsp3) is 0.261. The van der Waals surface area contributed by atoms with Crippen molar-refractivity contribution in [2.24, 2.45) is 0 Å². The van der Waals surface area contributed by atoms with Gasteiger partial charge in [-0.25, -0.2) is 14.5 Å². The van der Waals surface area contributed by atoms with Crippen LogP contribution in [0, 0.1) is 0 Å². The summed E-state index contributed by atoms with van der Waals surface area (Å²) in [6.45, 7) is 0.530. The smallest absolute Gasteiger partial charge is 0.410 e. The highest BCUT2D eigenvalue weighted by atomic mass is 16.5. The lowest BCUT2D eigenvalue weighted by Crippen LogP contribution is -2.08. The Morgan fingerprint density at radius 2 is 2.03 bits per heavy atom. The van der Waals surface area contributed by atoms with Gasteiger partial charge in [0.25, 0.3) is 0 Å². The van der Waals surface area contributed by atoms with Gasteiger partial charge in [-0.3, -0.25) is 5.32 Å². The number of carboxylic acid groups (broad SMARTS) is 1. The number of aromatic nitrogens is 3. The number of methoxy groups -OCH3 is 1. The molecule has 1 amide bonds. The highest BCUT2D eigenvalue weighted by Gasteiger charge is 2.22. The predicted molar refractivity (Wildman–Crippen MR) is 120 cm³/mol. The molecule has 1 aliphatic rings. The van der Waals surface area contributed by atoms with E-state index < -0.39 is 6.09 Å². The number of allylic oxidation sites excluding steroid dienone is 2. The van der Waals surface area contributed by atoms with Crippen LogP contribution in [0.5, 0.6) is 5.75 Å². The van der Waals surface area contributed by atoms with E-state index >= 15 is 0 Å². The van der Waals surface area contributed by atoms with E-state index in [-0.39, 0.29) is 5.82 Å². The summed E-state index contributed by atoms with van der Waals surface area (Å²) in [5, 5.41) is 16.0. The second kappa shape index (κ2) is 8.91. The Labute approximate surface area is 180 Å². The van der Waals surface area contributed by atoms with Crippen molar-refractivity contribution in [1.29, 1.82) is 0 Å². The van der Waals surface area contributed by atoms with Gasteiger partial charge in [-0.15, -0.1) is 0 Å². The minimum atomic E-state index is -1.15. The Balaban J connectivity index is 1.73. The number of amides is 1. The van der Waals surface area contributed by atoms with Gasteiger partial charge in [-0.1, -0.05) is 18.2 Å². The molecule has 0 radical (unpaired) electrons. The van der Waals surface area contributed by atoms with Crippen molar-refractivity contribution in [3.05, 3.63) is 59.8 Å². The van der Waals surface area contributed by atoms with Crippen LogP contribution in [-0.4, -0.2) is 33.1 Å². The zero-order chi connectivity index (χ0) is 21.8. The van der Waals surface area contributed by atoms with E-state index in [0.717, 1.165) is 47.4 Å². The maximum Gasteiger partial charge on any atom is 0.410 e. The number of nitrogens with one attached hydrogen (secondary N) is 1. The fourth-order valence-corrected chi connectivity index (χ4v) is 3.80. The Morgan fingerprint density at radius 3 is 2.65 bits per heavy atom. The van der Waals surface area contributed by atoms with Crippen LogP contribution in [0.3, 0.4) is 0 Å². The molecule has 4 rings (SSSR count). The number of hydrogen-bond donors (Lipinski definition) is 3. The van der Waals surface area contributed by atoms with E-state index in [4.69, 9.17) is 20.7 Å². The quantitative estimate of drug-likeness (QED) is 0.536. The third-order valence-corrected chi connectivity index (χ3v) is 5.37. The minimum Gasteiger partial charge on any atom is -0.497 e. The lowest BCUT2D eigenvalue weighted by molar-refractivity contribution is 0.209. The number of ether oxygens (including phenoxy) is 1. The Hall–Kier alpha value is -3.81. The lowest BCUT2D eigenvalue weighted by atomic mass is 9.92. The summed E-state index contributed by atoms with van der Waals surface area (Å²) in [7, 11) is 1.64. The van der Waals surface area contributed by atoms with E-state index in [0.29, 0.717) is 12.4 Å². The zero-order valence-electron chi connectivity index (χ0n) is 17.3. The van der Waals surface area contributed by atoms with Crippen LogP contribution in [0.4, 0.5) is 16.4 Å². The van der Waals surface area contributed by atoms with Gasteiger partial charge in [-0.2, -0.15) is 5.10 Å². The molecule has 0 spiro atoms. The third kappa shape index (κ3) is 4.53. The summed E-state index contributed by atoms with van der Waals surface area (Å²) in [6.07, 6.45) is 6.99. The molecular formula is C23H25N5O3. The van der Waals surface area contributed by atoms with Crippen LogP contribution in [0.2, 0.25) is 0 Å². The van der Waals surface area contributed by atoms with Crippen LogP contribution in [0.15, 0.2) is 48.7 Å². The topological polar surface area (TPSA) is 115 Å². The molecule has 2 heterocycles. The largest absolute Gasteiger partial charge is 0.497 e. The van der Waals surface area contributed by atoms with Crippen molar-refractivity contribution in [3.8, 4) is 17.0 Å². The number of nitrogens with two attached hydrogens (primary N) is 1. The second-order valence-electron chi connectivity index (χ2n) is 7.45. The molecule has 1 aromatic carbocycles. The number of carbonyl (C=O) groups is 1. The fourth-order valence-electron chi connectivity index (χ4n) is 3.80. The van der Waals surface area contributed by atoms with Crippen molar-refractivity contribution in [3.63, 3.8) is 0 Å². The van der Waals surface area contributed by atoms with Gasteiger partial charge in [0.2, 0.25) is 0 Å². The highest BCUT2D eigenvalue weighted by molar-refractivity contribution is 5.86. The normalized spacial score (nSPS) is 13.5. The van der Waals surface area contributed by atoms with E-state index in [1.807, 2.05) is 35.0 Å². The SMILES string of the molecule is COc1ccc(Cn2nc(-c3ccc(NC(=O)O)nc3)c(C3=CCCCC3)c2N)cc1. The zero-order valence-corrected chi connectivity index (χ0v) is 17.3. The molecule has 0 aliphatic heterocycles. The minimum absolute atomic E-state index is 0.264. The number of pyridine rings is 1. The van der Waals surface area contributed by atoms with Gasteiger partial charge in [0.05, 0.1) is 13.7 Å². The average molecular weight is 419 g/mol. The molecule has 160 valence electrons. The first kappa shape index (κ1) is 20.5. The molecule has 2 aromatic heterocycles. The maximum absolute atomic E-state index is 10.8. The molecule has 0 bridgehead atoms. The average Bonchev–Trinajstić information content (AvgIpc) is 3.11. The van der Waals surface area contributed by atoms with Gasteiger partial charge in [-0.05, 0) is 61.1 Å². The van der Waals surface area contributed by atoms with Crippen LogP contribution >= 0.6 is 0 Å². The summed E-state index contributed by atoms with van der Waals surface area (Å²) >= 11 is 0. The van der Waals surface area contributed by atoms with Crippen molar-refractivity contribution >= 4 is 23.3 Å². The van der Waals surface area contributed by atoms with Gasteiger partial charge in [0.1, 0.15) is 23.1 Å². The third-order valence-electron chi connectivity index (χ3n) is 5.37. The predicted octanol–water partition coefficient (Wildman–Crippen LogP) is 4.63. The van der Waals surface area contributed by atoms with Crippen molar-refractivity contribution < 1.29 is 14.6 Å². The summed E-state index contributed by atoms with van der Waals surface area (Å²) in [6, 6.07) is 11.3. The highest BCUT2D eigenvalue weighted by Crippen LogP contribution is 2.37. The molecule has 0 unspecified atom stereocenters. The molecule has 31 heavy (non-hydrogen) atoms. The molecule has 1 aliphatic carbocycles. The standard InChI is InChI=1S/C23H25N5O3/c1-31-18-10-7-15(8-11-18)14-28-22(24)20(16-5-3-2-4-6-16)21(27-28)17-9-12-19(25-13-17)26-23(29)30/h5,7-13H,2-4,6,14,24H2,1H3,(H,25,26)(H,29,30). The first-order valence-electron chi connectivity index (χ1n) is 10.2. The van der Waals surface area contributed by atoms with Crippen LogP contribution in [0.25, 0.3) is 16.8 Å². The molecule has 3 aromatic rings. The number of rotatable bonds is 6. The van der Waals surface area contributed by atoms with E-state index in [9.17, 15) is 4.79 Å². The van der Waals surface area contributed by atoms with E-state index in [1.54, 1.807) is 19.4 Å². The Morgan fingerprint density at radius 1 is 1.23 bits per heavy atom. The second-order valence-corrected chi connectivity index (χ2v) is 7.45. The molecule has 4 N–H and O–H groups in total. The van der Waals surface area contributed by atoms with Crippen molar-refractivity contribution in [2.75, 3.05) is 18.2 Å². The van der Waals surface area contributed by atoms with E-state index in [1.165, 1.54) is 12.0 Å². The molecule has 0 fully saturated rings. The van der Waals surface area contributed by atoms with Crippen LogP contribution in [0.1, 0.15) is 36.8 Å². The first-order chi connectivity index (χ1) is 15.0. The number of nitrogen functional groups attached to an aromatic ring is 1. The first-order valence-corrected chi connectivity index (χ1v) is 10.2. The Bertz CT molecular complexity index is 1100. The van der Waals surface area contributed by atoms with Gasteiger partial charge in [0.15, 0.2) is 0 Å². The number of anilines is 2. The Kier molecular flexibility index (Phi) is 5.88. The summed E-state index contributed by atoms with van der Waals surface area (Å²) in [5.41, 5.74) is 11.3. The summed E-state index contributed by atoms with van der Waals surface area (Å²) in [5.74, 6) is 1.68. The maximum atomic E-state index is 10.8. The number of hydrogen-bond acceptors (Lipinski definition) is 5.